The summed E-state index contributed by atoms with van der Waals surface area (Å²) in [5.41, 5.74) is 4.34. The third-order valence-corrected chi connectivity index (χ3v) is 5.28. The second kappa shape index (κ2) is 3.01. The molecule has 0 fully saturated rings. The molecule has 0 amide bonds. The summed E-state index contributed by atoms with van der Waals surface area (Å²) in [5, 5.41) is 0. The molecule has 1 aromatic carbocycles. The standard InChI is InChI=1S/C9H11.Bi.2H/c1-7-4-8(2)6-9(3)5-7;;;/h4-5H,1-3H3;;;. The molecule has 0 saturated carbocycles. The van der Waals surface area contributed by atoms with Gasteiger partial charge in [-0.05, 0) is 0 Å². The summed E-state index contributed by atoms with van der Waals surface area (Å²) < 4.78 is 1.59. The van der Waals surface area contributed by atoms with Gasteiger partial charge in [0.2, 0.25) is 0 Å². The van der Waals surface area contributed by atoms with Gasteiger partial charge in [0.1, 0.15) is 0 Å². The number of rotatable bonds is 0. The second-order valence-electron chi connectivity index (χ2n) is 2.81. The van der Waals surface area contributed by atoms with E-state index >= 15 is 0 Å². The fourth-order valence-electron chi connectivity index (χ4n) is 1.19. The van der Waals surface area contributed by atoms with E-state index < -0.39 is 0 Å². The van der Waals surface area contributed by atoms with Crippen LogP contribution in [0.3, 0.4) is 0 Å². The fraction of sp³-hybridized carbons (Fsp3) is 0.333. The van der Waals surface area contributed by atoms with Crippen molar-refractivity contribution in [3.8, 4) is 0 Å². The van der Waals surface area contributed by atoms with Crippen LogP contribution in [-0.2, 0) is 0 Å². The summed E-state index contributed by atoms with van der Waals surface area (Å²) in [6.07, 6.45) is 0. The molecule has 0 aliphatic heterocycles. The molecular weight excluding hydrogens is 317 g/mol. The molecule has 0 bridgehead atoms. The van der Waals surface area contributed by atoms with Crippen molar-refractivity contribution in [3.63, 3.8) is 0 Å². The van der Waals surface area contributed by atoms with Crippen LogP contribution in [0.5, 0.6) is 0 Å². The number of aryl methyl sites for hydroxylation is 3. The predicted molar refractivity (Wildman–Crippen MR) is 48.8 cm³/mol. The van der Waals surface area contributed by atoms with Crippen LogP contribution in [0.25, 0.3) is 0 Å². The van der Waals surface area contributed by atoms with Crippen LogP contribution in [-0.4, -0.2) is 24.7 Å². The van der Waals surface area contributed by atoms with Gasteiger partial charge in [-0.25, -0.2) is 0 Å². The van der Waals surface area contributed by atoms with Gasteiger partial charge in [-0.1, -0.05) is 0 Å². The van der Waals surface area contributed by atoms with E-state index in [1.807, 2.05) is 0 Å². The average Bonchev–Trinajstić information content (AvgIpc) is 1.82. The van der Waals surface area contributed by atoms with Crippen LogP contribution < -0.4 is 3.27 Å². The molecule has 0 atom stereocenters. The quantitative estimate of drug-likeness (QED) is 0.620. The Balaban J connectivity index is 3.31. The summed E-state index contributed by atoms with van der Waals surface area (Å²) in [6.45, 7) is 6.56. The molecule has 0 nitrogen and oxygen atoms in total. The third-order valence-electron chi connectivity index (χ3n) is 1.74. The molecule has 0 aromatic heterocycles. The summed E-state index contributed by atoms with van der Waals surface area (Å²) in [6, 6.07) is 4.53. The fourth-order valence-corrected chi connectivity index (χ4v) is 1.84. The van der Waals surface area contributed by atoms with Crippen molar-refractivity contribution in [2.24, 2.45) is 0 Å². The summed E-state index contributed by atoms with van der Waals surface area (Å²) in [4.78, 5) is 0. The van der Waals surface area contributed by atoms with E-state index in [0.717, 1.165) is 24.7 Å². The van der Waals surface area contributed by atoms with Crippen LogP contribution in [0, 0.1) is 20.8 Å². The monoisotopic (exact) mass is 330 g/mol. The van der Waals surface area contributed by atoms with Gasteiger partial charge in [-0.3, -0.25) is 0 Å². The Kier molecular flexibility index (Phi) is 2.46. The van der Waals surface area contributed by atoms with Crippen molar-refractivity contribution < 1.29 is 0 Å². The molecule has 54 valence electrons. The molecule has 1 heteroatoms. The molecule has 1 rings (SSSR count). The van der Waals surface area contributed by atoms with Gasteiger partial charge in [-0.15, -0.1) is 0 Å². The summed E-state index contributed by atoms with van der Waals surface area (Å²) in [5.74, 6) is 0. The van der Waals surface area contributed by atoms with Crippen LogP contribution in [0.15, 0.2) is 12.1 Å². The summed E-state index contributed by atoms with van der Waals surface area (Å²) >= 11 is 0.977. The molecule has 0 saturated heterocycles. The number of hydrogen-bond donors (Lipinski definition) is 0. The minimum absolute atomic E-state index is 0.977. The molecule has 0 N–H and O–H groups in total. The Hall–Kier alpha value is 0.103. The zero-order valence-electron chi connectivity index (χ0n) is 6.73. The van der Waals surface area contributed by atoms with Gasteiger partial charge >= 0.3 is 77.6 Å². The molecule has 10 heavy (non-hydrogen) atoms. The van der Waals surface area contributed by atoms with Crippen molar-refractivity contribution >= 4 is 28.0 Å². The third kappa shape index (κ3) is 1.58. The topological polar surface area (TPSA) is 0 Å². The molecule has 1 aromatic rings. The molecule has 0 aliphatic rings. The number of benzene rings is 1. The van der Waals surface area contributed by atoms with E-state index in [4.69, 9.17) is 0 Å². The SMILES string of the molecule is Cc1cc(C)[c]([BiH2])c(C)c1. The predicted octanol–water partition coefficient (Wildman–Crippen LogP) is 0.870. The van der Waals surface area contributed by atoms with Crippen molar-refractivity contribution in [2.45, 2.75) is 20.8 Å². The van der Waals surface area contributed by atoms with Gasteiger partial charge in [-0.2, -0.15) is 0 Å². The molecule has 0 unspecified atom stereocenters. The molecular formula is C9H13Bi. The second-order valence-corrected chi connectivity index (χ2v) is 5.06. The van der Waals surface area contributed by atoms with E-state index in [2.05, 4.69) is 32.9 Å². The van der Waals surface area contributed by atoms with Gasteiger partial charge in [0.25, 0.3) is 0 Å². The maximum absolute atomic E-state index is 2.27. The first-order chi connectivity index (χ1) is 4.61. The first-order valence-corrected chi connectivity index (χ1v) is 5.69. The van der Waals surface area contributed by atoms with Crippen LogP contribution in [0.4, 0.5) is 0 Å². The van der Waals surface area contributed by atoms with E-state index in [-0.39, 0.29) is 0 Å². The Morgan fingerprint density at radius 2 is 1.40 bits per heavy atom. The van der Waals surface area contributed by atoms with Crippen molar-refractivity contribution in [2.75, 3.05) is 0 Å². The van der Waals surface area contributed by atoms with Gasteiger partial charge in [0, 0.05) is 0 Å². The molecule has 0 heterocycles. The van der Waals surface area contributed by atoms with Crippen molar-refractivity contribution in [3.05, 3.63) is 28.8 Å². The Labute approximate surface area is 77.5 Å². The zero-order chi connectivity index (χ0) is 7.72. The van der Waals surface area contributed by atoms with Gasteiger partial charge in [0.15, 0.2) is 0 Å². The Morgan fingerprint density at radius 1 is 1.00 bits per heavy atom. The molecule has 0 spiro atoms. The number of hydrogen-bond acceptors (Lipinski definition) is 0. The first-order valence-electron chi connectivity index (χ1n) is 3.44. The van der Waals surface area contributed by atoms with Crippen molar-refractivity contribution in [1.29, 1.82) is 0 Å². The average molecular weight is 330 g/mol. The Morgan fingerprint density at radius 3 is 1.80 bits per heavy atom. The van der Waals surface area contributed by atoms with E-state index in [1.54, 1.807) is 3.27 Å². The van der Waals surface area contributed by atoms with Crippen LogP contribution >= 0.6 is 0 Å². The maximum atomic E-state index is 2.27. The normalized spacial score (nSPS) is 10.0. The van der Waals surface area contributed by atoms with E-state index in [9.17, 15) is 0 Å². The first kappa shape index (κ1) is 8.20. The molecule has 0 radical (unpaired) electrons. The van der Waals surface area contributed by atoms with Crippen LogP contribution in [0.2, 0.25) is 0 Å². The summed E-state index contributed by atoms with van der Waals surface area (Å²) in [7, 11) is 0. The van der Waals surface area contributed by atoms with Crippen LogP contribution in [0.1, 0.15) is 16.7 Å². The van der Waals surface area contributed by atoms with Gasteiger partial charge in [0.05, 0.1) is 0 Å². The van der Waals surface area contributed by atoms with Crippen molar-refractivity contribution in [1.82, 2.24) is 0 Å². The van der Waals surface area contributed by atoms with E-state index in [0.29, 0.717) is 0 Å². The Bertz CT molecular complexity index is 228. The molecule has 0 aliphatic carbocycles. The van der Waals surface area contributed by atoms with E-state index in [1.165, 1.54) is 16.7 Å². The van der Waals surface area contributed by atoms with Gasteiger partial charge < -0.3 is 0 Å². The zero-order valence-corrected chi connectivity index (χ0v) is 11.2. The minimum atomic E-state index is 0.977.